The van der Waals surface area contributed by atoms with Crippen molar-refractivity contribution in [3.63, 3.8) is 0 Å². The van der Waals surface area contributed by atoms with Gasteiger partial charge in [-0.1, -0.05) is 6.07 Å². The molecule has 1 amide bonds. The van der Waals surface area contributed by atoms with Gasteiger partial charge in [-0.3, -0.25) is 9.78 Å². The Labute approximate surface area is 121 Å². The van der Waals surface area contributed by atoms with Crippen LogP contribution in [0.25, 0.3) is 0 Å². The van der Waals surface area contributed by atoms with Crippen LogP contribution in [0, 0.1) is 5.82 Å². The van der Waals surface area contributed by atoms with Crippen LogP contribution in [0.1, 0.15) is 20.7 Å². The van der Waals surface area contributed by atoms with E-state index in [9.17, 15) is 14.0 Å². The molecule has 0 unspecified atom stereocenters. The highest BCUT2D eigenvalue weighted by molar-refractivity contribution is 9.10. The van der Waals surface area contributed by atoms with Crippen LogP contribution in [0.15, 0.2) is 41.1 Å². The normalized spacial score (nSPS) is 10.1. The molecule has 7 heteroatoms. The maximum atomic E-state index is 13.5. The number of nitrogens with one attached hydrogen (secondary N) is 1. The van der Waals surface area contributed by atoms with Crippen LogP contribution in [0.3, 0.4) is 0 Å². The number of carboxylic acid groups (broad SMARTS) is 1. The van der Waals surface area contributed by atoms with Crippen LogP contribution < -0.4 is 5.32 Å². The van der Waals surface area contributed by atoms with Gasteiger partial charge < -0.3 is 10.4 Å². The number of anilines is 1. The number of benzene rings is 1. The van der Waals surface area contributed by atoms with Crippen molar-refractivity contribution in [2.45, 2.75) is 0 Å². The summed E-state index contributed by atoms with van der Waals surface area (Å²) in [5, 5.41) is 11.3. The molecule has 0 aliphatic rings. The molecule has 0 aliphatic heterocycles. The number of hydrogen-bond acceptors (Lipinski definition) is 3. The Hall–Kier alpha value is -2.28. The quantitative estimate of drug-likeness (QED) is 0.901. The first-order valence-electron chi connectivity index (χ1n) is 5.42. The Morgan fingerprint density at radius 3 is 2.70 bits per heavy atom. The molecule has 0 atom stereocenters. The van der Waals surface area contributed by atoms with E-state index < -0.39 is 23.3 Å². The first kappa shape index (κ1) is 14.1. The highest BCUT2D eigenvalue weighted by Gasteiger charge is 2.18. The van der Waals surface area contributed by atoms with Gasteiger partial charge in [0.15, 0.2) is 0 Å². The highest BCUT2D eigenvalue weighted by Crippen LogP contribution is 2.20. The van der Waals surface area contributed by atoms with Gasteiger partial charge in [-0.25, -0.2) is 9.18 Å². The summed E-state index contributed by atoms with van der Waals surface area (Å²) in [6.07, 6.45) is 2.82. The van der Waals surface area contributed by atoms with E-state index >= 15 is 0 Å². The molecule has 0 aliphatic carbocycles. The highest BCUT2D eigenvalue weighted by atomic mass is 79.9. The van der Waals surface area contributed by atoms with Gasteiger partial charge in [0, 0.05) is 16.9 Å². The molecule has 1 aromatic heterocycles. The topological polar surface area (TPSA) is 79.3 Å². The summed E-state index contributed by atoms with van der Waals surface area (Å²) < 4.78 is 14.1. The van der Waals surface area contributed by atoms with Crippen molar-refractivity contribution < 1.29 is 19.1 Å². The number of halogens is 2. The summed E-state index contributed by atoms with van der Waals surface area (Å²) in [6.45, 7) is 0. The standard InChI is InChI=1S/C13H8BrFN2O3/c14-8-4-7(5-16-6-8)12(18)17-10-3-1-2-9(15)11(10)13(19)20/h1-6H,(H,17,18)(H,19,20). The van der Waals surface area contributed by atoms with Crippen LogP contribution in [-0.4, -0.2) is 22.0 Å². The number of amides is 1. The Bertz CT molecular complexity index is 691. The average molecular weight is 339 g/mol. The largest absolute Gasteiger partial charge is 0.478 e. The summed E-state index contributed by atoms with van der Waals surface area (Å²) in [5.41, 5.74) is -0.466. The molecule has 0 spiro atoms. The molecular formula is C13H8BrFN2O3. The van der Waals surface area contributed by atoms with E-state index in [1.54, 1.807) is 0 Å². The molecule has 1 heterocycles. The molecule has 20 heavy (non-hydrogen) atoms. The zero-order valence-electron chi connectivity index (χ0n) is 9.93. The predicted octanol–water partition coefficient (Wildman–Crippen LogP) is 2.93. The molecule has 0 saturated heterocycles. The number of carbonyl (C=O) groups excluding carboxylic acids is 1. The van der Waals surface area contributed by atoms with Crippen LogP contribution in [0.2, 0.25) is 0 Å². The average Bonchev–Trinajstić information content (AvgIpc) is 2.38. The van der Waals surface area contributed by atoms with Crippen molar-refractivity contribution in [1.29, 1.82) is 0 Å². The lowest BCUT2D eigenvalue weighted by atomic mass is 10.1. The van der Waals surface area contributed by atoms with E-state index in [0.29, 0.717) is 4.47 Å². The Morgan fingerprint density at radius 1 is 1.30 bits per heavy atom. The molecule has 0 fully saturated rings. The van der Waals surface area contributed by atoms with Crippen molar-refractivity contribution in [2.75, 3.05) is 5.32 Å². The number of rotatable bonds is 3. The van der Waals surface area contributed by atoms with Crippen molar-refractivity contribution in [3.05, 3.63) is 58.1 Å². The van der Waals surface area contributed by atoms with Crippen molar-refractivity contribution in [3.8, 4) is 0 Å². The lowest BCUT2D eigenvalue weighted by Gasteiger charge is -2.09. The number of carbonyl (C=O) groups is 2. The Morgan fingerprint density at radius 2 is 2.05 bits per heavy atom. The van der Waals surface area contributed by atoms with E-state index in [-0.39, 0.29) is 11.3 Å². The third-order valence-corrected chi connectivity index (χ3v) is 2.88. The predicted molar refractivity (Wildman–Crippen MR) is 73.2 cm³/mol. The Balaban J connectivity index is 2.33. The second kappa shape index (κ2) is 5.79. The molecule has 2 rings (SSSR count). The molecule has 0 bridgehead atoms. The second-order valence-corrected chi connectivity index (χ2v) is 4.73. The van der Waals surface area contributed by atoms with Crippen molar-refractivity contribution >= 4 is 33.5 Å². The maximum absolute atomic E-state index is 13.5. The number of aromatic carboxylic acids is 1. The number of pyridine rings is 1. The third kappa shape index (κ3) is 3.00. The molecule has 2 aromatic rings. The van der Waals surface area contributed by atoms with E-state index in [2.05, 4.69) is 26.2 Å². The first-order valence-corrected chi connectivity index (χ1v) is 6.22. The van der Waals surface area contributed by atoms with Crippen molar-refractivity contribution in [2.24, 2.45) is 0 Å². The van der Waals surface area contributed by atoms with E-state index in [4.69, 9.17) is 5.11 Å². The van der Waals surface area contributed by atoms with E-state index in [0.717, 1.165) is 6.07 Å². The fraction of sp³-hybridized carbons (Fsp3) is 0. The van der Waals surface area contributed by atoms with Crippen LogP contribution in [-0.2, 0) is 0 Å². The lowest BCUT2D eigenvalue weighted by Crippen LogP contribution is -2.16. The molecule has 1 aromatic carbocycles. The van der Waals surface area contributed by atoms with Gasteiger partial charge in [0.1, 0.15) is 11.4 Å². The summed E-state index contributed by atoms with van der Waals surface area (Å²) in [5.74, 6) is -2.94. The van der Waals surface area contributed by atoms with Crippen LogP contribution >= 0.6 is 15.9 Å². The maximum Gasteiger partial charge on any atom is 0.340 e. The van der Waals surface area contributed by atoms with Crippen molar-refractivity contribution in [1.82, 2.24) is 4.98 Å². The number of nitrogens with zero attached hydrogens (tertiary/aromatic N) is 1. The fourth-order valence-corrected chi connectivity index (χ4v) is 1.94. The van der Waals surface area contributed by atoms with Gasteiger partial charge >= 0.3 is 5.97 Å². The lowest BCUT2D eigenvalue weighted by molar-refractivity contribution is 0.0693. The van der Waals surface area contributed by atoms with Gasteiger partial charge in [0.25, 0.3) is 5.91 Å². The van der Waals surface area contributed by atoms with E-state index in [1.807, 2.05) is 0 Å². The number of aromatic nitrogens is 1. The van der Waals surface area contributed by atoms with Crippen LogP contribution in [0.4, 0.5) is 10.1 Å². The monoisotopic (exact) mass is 338 g/mol. The van der Waals surface area contributed by atoms with Gasteiger partial charge in [0.05, 0.1) is 11.3 Å². The zero-order valence-corrected chi connectivity index (χ0v) is 11.5. The SMILES string of the molecule is O=C(Nc1cccc(F)c1C(=O)O)c1cncc(Br)c1. The molecule has 102 valence electrons. The molecule has 0 saturated carbocycles. The minimum Gasteiger partial charge on any atom is -0.478 e. The number of carboxylic acids is 1. The molecular weight excluding hydrogens is 331 g/mol. The second-order valence-electron chi connectivity index (χ2n) is 3.81. The number of hydrogen-bond donors (Lipinski definition) is 2. The van der Waals surface area contributed by atoms with E-state index in [1.165, 1.54) is 30.6 Å². The van der Waals surface area contributed by atoms with Gasteiger partial charge in [-0.2, -0.15) is 0 Å². The Kier molecular flexibility index (Phi) is 4.09. The van der Waals surface area contributed by atoms with Gasteiger partial charge in [0.2, 0.25) is 0 Å². The summed E-state index contributed by atoms with van der Waals surface area (Å²) in [4.78, 5) is 26.8. The zero-order chi connectivity index (χ0) is 14.7. The molecule has 5 nitrogen and oxygen atoms in total. The van der Waals surface area contributed by atoms with Gasteiger partial charge in [-0.15, -0.1) is 0 Å². The minimum atomic E-state index is -1.45. The summed E-state index contributed by atoms with van der Waals surface area (Å²) in [6, 6.07) is 5.16. The van der Waals surface area contributed by atoms with Crippen LogP contribution in [0.5, 0.6) is 0 Å². The third-order valence-electron chi connectivity index (χ3n) is 2.44. The first-order chi connectivity index (χ1) is 9.49. The molecule has 0 radical (unpaired) electrons. The summed E-state index contributed by atoms with van der Waals surface area (Å²) >= 11 is 3.17. The smallest absolute Gasteiger partial charge is 0.340 e. The van der Waals surface area contributed by atoms with Gasteiger partial charge in [-0.05, 0) is 34.1 Å². The fourth-order valence-electron chi connectivity index (χ4n) is 1.58. The molecule has 2 N–H and O–H groups in total. The minimum absolute atomic E-state index is 0.109. The summed E-state index contributed by atoms with van der Waals surface area (Å²) in [7, 11) is 0.